The quantitative estimate of drug-likeness (QED) is 0.759. The Morgan fingerprint density at radius 2 is 2.20 bits per heavy atom. The molecular weight excluding hydrogens is 196 g/mol. The van der Waals surface area contributed by atoms with E-state index in [0.29, 0.717) is 19.0 Å². The molecule has 1 N–H and O–H groups in total. The predicted octanol–water partition coefficient (Wildman–Crippen LogP) is 0.339. The van der Waals surface area contributed by atoms with Gasteiger partial charge in [-0.3, -0.25) is 0 Å². The molecule has 1 aliphatic heterocycles. The van der Waals surface area contributed by atoms with E-state index in [1.807, 2.05) is 0 Å². The number of anilines is 1. The van der Waals surface area contributed by atoms with Crippen molar-refractivity contribution < 1.29 is 9.53 Å². The van der Waals surface area contributed by atoms with Gasteiger partial charge >= 0.3 is 6.09 Å². The molecule has 6 heteroatoms. The number of hydrogen-bond donors (Lipinski definition) is 1. The summed E-state index contributed by atoms with van der Waals surface area (Å²) in [4.78, 5) is 20.7. The Hall–Kier alpha value is -1.85. The largest absolute Gasteiger partial charge is 0.453 e. The summed E-state index contributed by atoms with van der Waals surface area (Å²) < 4.78 is 4.58. The molecule has 1 aliphatic rings. The molecule has 0 bridgehead atoms. The average molecular weight is 208 g/mol. The molecular formula is C9H12N4O2. The van der Waals surface area contributed by atoms with Crippen molar-refractivity contribution in [2.45, 2.75) is 6.04 Å². The maximum atomic E-state index is 11.0. The molecule has 1 fully saturated rings. The van der Waals surface area contributed by atoms with Crippen LogP contribution in [0.15, 0.2) is 18.5 Å². The van der Waals surface area contributed by atoms with Gasteiger partial charge in [-0.25, -0.2) is 14.8 Å². The summed E-state index contributed by atoms with van der Waals surface area (Å²) in [5.41, 5.74) is 0. The Morgan fingerprint density at radius 1 is 1.53 bits per heavy atom. The van der Waals surface area contributed by atoms with Gasteiger partial charge in [0.15, 0.2) is 0 Å². The van der Waals surface area contributed by atoms with Crippen LogP contribution in [0.5, 0.6) is 0 Å². The van der Waals surface area contributed by atoms with E-state index in [4.69, 9.17) is 0 Å². The molecule has 0 unspecified atom stereocenters. The highest BCUT2D eigenvalue weighted by Crippen LogP contribution is 2.12. The Balaban J connectivity index is 1.79. The SMILES string of the molecule is COC(=O)N1CC(Nc2ncccn2)C1. The topological polar surface area (TPSA) is 67.3 Å². The van der Waals surface area contributed by atoms with Crippen molar-refractivity contribution in [3.63, 3.8) is 0 Å². The van der Waals surface area contributed by atoms with Crippen molar-refractivity contribution in [3.05, 3.63) is 18.5 Å². The second kappa shape index (κ2) is 4.12. The van der Waals surface area contributed by atoms with Crippen molar-refractivity contribution in [2.24, 2.45) is 0 Å². The van der Waals surface area contributed by atoms with Gasteiger partial charge in [0.1, 0.15) is 0 Å². The maximum Gasteiger partial charge on any atom is 0.409 e. The summed E-state index contributed by atoms with van der Waals surface area (Å²) in [6, 6.07) is 1.97. The lowest BCUT2D eigenvalue weighted by molar-refractivity contribution is 0.0929. The first-order chi connectivity index (χ1) is 7.29. The molecule has 1 aromatic rings. The highest BCUT2D eigenvalue weighted by molar-refractivity contribution is 5.68. The van der Waals surface area contributed by atoms with Gasteiger partial charge in [0.2, 0.25) is 5.95 Å². The van der Waals surface area contributed by atoms with E-state index in [1.54, 1.807) is 23.4 Å². The van der Waals surface area contributed by atoms with E-state index >= 15 is 0 Å². The minimum absolute atomic E-state index is 0.214. The first kappa shape index (κ1) is 9.70. The van der Waals surface area contributed by atoms with Gasteiger partial charge in [-0.2, -0.15) is 0 Å². The molecule has 80 valence electrons. The van der Waals surface area contributed by atoms with Gasteiger partial charge in [0.05, 0.1) is 13.2 Å². The number of ether oxygens (including phenoxy) is 1. The van der Waals surface area contributed by atoms with Crippen LogP contribution < -0.4 is 5.32 Å². The van der Waals surface area contributed by atoms with Gasteiger partial charge in [-0.15, -0.1) is 0 Å². The number of nitrogens with one attached hydrogen (secondary N) is 1. The molecule has 1 aromatic heterocycles. The third-order valence-corrected chi connectivity index (χ3v) is 2.21. The zero-order valence-corrected chi connectivity index (χ0v) is 8.38. The lowest BCUT2D eigenvalue weighted by atomic mass is 10.1. The third kappa shape index (κ3) is 2.15. The van der Waals surface area contributed by atoms with Crippen LogP contribution in [0.2, 0.25) is 0 Å². The summed E-state index contributed by atoms with van der Waals surface area (Å²) in [5, 5.41) is 3.12. The number of rotatable bonds is 2. The minimum atomic E-state index is -0.290. The fraction of sp³-hybridized carbons (Fsp3) is 0.444. The van der Waals surface area contributed by atoms with Crippen molar-refractivity contribution in [2.75, 3.05) is 25.5 Å². The summed E-state index contributed by atoms with van der Waals surface area (Å²) in [6.07, 6.45) is 3.06. The number of carbonyl (C=O) groups excluding carboxylic acids is 1. The summed E-state index contributed by atoms with van der Waals surface area (Å²) >= 11 is 0. The monoisotopic (exact) mass is 208 g/mol. The van der Waals surface area contributed by atoms with Crippen LogP contribution in [0.25, 0.3) is 0 Å². The van der Waals surface area contributed by atoms with E-state index in [2.05, 4.69) is 20.0 Å². The Bertz CT molecular complexity index is 337. The first-order valence-corrected chi connectivity index (χ1v) is 4.66. The van der Waals surface area contributed by atoms with Gasteiger partial charge in [-0.05, 0) is 6.07 Å². The number of aromatic nitrogens is 2. The molecule has 1 saturated heterocycles. The Kier molecular flexibility index (Phi) is 2.66. The average Bonchev–Trinajstić information content (AvgIpc) is 2.23. The Labute approximate surface area is 87.3 Å². The van der Waals surface area contributed by atoms with Crippen LogP contribution in [0.3, 0.4) is 0 Å². The van der Waals surface area contributed by atoms with Gasteiger partial charge in [-0.1, -0.05) is 0 Å². The molecule has 6 nitrogen and oxygen atoms in total. The molecule has 0 saturated carbocycles. The van der Waals surface area contributed by atoms with E-state index in [1.165, 1.54) is 7.11 Å². The lowest BCUT2D eigenvalue weighted by Crippen LogP contribution is -2.57. The number of nitrogens with zero attached hydrogens (tertiary/aromatic N) is 3. The highest BCUT2D eigenvalue weighted by Gasteiger charge is 2.31. The smallest absolute Gasteiger partial charge is 0.409 e. The van der Waals surface area contributed by atoms with Crippen LogP contribution in [-0.4, -0.2) is 47.2 Å². The third-order valence-electron chi connectivity index (χ3n) is 2.21. The van der Waals surface area contributed by atoms with E-state index in [9.17, 15) is 4.79 Å². The molecule has 2 heterocycles. The fourth-order valence-corrected chi connectivity index (χ4v) is 1.40. The van der Waals surface area contributed by atoms with Crippen molar-refractivity contribution in [1.82, 2.24) is 14.9 Å². The lowest BCUT2D eigenvalue weighted by Gasteiger charge is -2.38. The van der Waals surface area contributed by atoms with Crippen LogP contribution in [-0.2, 0) is 4.74 Å². The molecule has 0 aromatic carbocycles. The molecule has 2 rings (SSSR count). The predicted molar refractivity (Wildman–Crippen MR) is 53.4 cm³/mol. The maximum absolute atomic E-state index is 11.0. The van der Waals surface area contributed by atoms with E-state index in [-0.39, 0.29) is 12.1 Å². The molecule has 1 amide bonds. The van der Waals surface area contributed by atoms with Crippen molar-refractivity contribution in [3.8, 4) is 0 Å². The van der Waals surface area contributed by atoms with Gasteiger partial charge in [0, 0.05) is 25.5 Å². The zero-order valence-electron chi connectivity index (χ0n) is 8.38. The van der Waals surface area contributed by atoms with Crippen LogP contribution in [0.4, 0.5) is 10.7 Å². The van der Waals surface area contributed by atoms with Gasteiger partial charge in [0.25, 0.3) is 0 Å². The number of amides is 1. The highest BCUT2D eigenvalue weighted by atomic mass is 16.5. The number of methoxy groups -OCH3 is 1. The Morgan fingerprint density at radius 3 is 2.80 bits per heavy atom. The van der Waals surface area contributed by atoms with Gasteiger partial charge < -0.3 is 15.0 Å². The number of carbonyl (C=O) groups is 1. The normalized spacial score (nSPS) is 15.7. The zero-order chi connectivity index (χ0) is 10.7. The standard InChI is InChI=1S/C9H12N4O2/c1-15-9(14)13-5-7(6-13)12-8-10-3-2-4-11-8/h2-4,7H,5-6H2,1H3,(H,10,11,12). The van der Waals surface area contributed by atoms with Crippen LogP contribution in [0, 0.1) is 0 Å². The molecule has 15 heavy (non-hydrogen) atoms. The molecule has 0 aliphatic carbocycles. The molecule has 0 atom stereocenters. The van der Waals surface area contributed by atoms with E-state index < -0.39 is 0 Å². The second-order valence-electron chi connectivity index (χ2n) is 3.29. The van der Waals surface area contributed by atoms with E-state index in [0.717, 1.165) is 0 Å². The number of hydrogen-bond acceptors (Lipinski definition) is 5. The summed E-state index contributed by atoms with van der Waals surface area (Å²) in [6.45, 7) is 1.26. The summed E-state index contributed by atoms with van der Waals surface area (Å²) in [7, 11) is 1.38. The molecule has 0 spiro atoms. The van der Waals surface area contributed by atoms with Crippen LogP contribution in [0.1, 0.15) is 0 Å². The second-order valence-corrected chi connectivity index (χ2v) is 3.29. The minimum Gasteiger partial charge on any atom is -0.453 e. The summed E-state index contributed by atoms with van der Waals surface area (Å²) in [5.74, 6) is 0.590. The van der Waals surface area contributed by atoms with Crippen molar-refractivity contribution in [1.29, 1.82) is 0 Å². The van der Waals surface area contributed by atoms with Crippen molar-refractivity contribution >= 4 is 12.0 Å². The fourth-order valence-electron chi connectivity index (χ4n) is 1.40. The van der Waals surface area contributed by atoms with Crippen LogP contribution >= 0.6 is 0 Å². The molecule has 0 radical (unpaired) electrons. The number of likely N-dealkylation sites (tertiary alicyclic amines) is 1. The first-order valence-electron chi connectivity index (χ1n) is 4.66.